The Balaban J connectivity index is 3.70. The van der Waals surface area contributed by atoms with Crippen LogP contribution in [0.4, 0.5) is 0 Å². The molecular weight excluding hydrogens is 136 g/mol. The average Bonchev–Trinajstić information content (AvgIpc) is 1.87. The summed E-state index contributed by atoms with van der Waals surface area (Å²) < 4.78 is 0. The van der Waals surface area contributed by atoms with Crippen LogP contribution in [0.2, 0.25) is 0 Å². The van der Waals surface area contributed by atoms with Crippen LogP contribution in [0.25, 0.3) is 0 Å². The molecule has 0 aromatic heterocycles. The van der Waals surface area contributed by atoms with Crippen LogP contribution in [0.15, 0.2) is 0 Å². The van der Waals surface area contributed by atoms with E-state index in [2.05, 4.69) is 32.6 Å². The molecule has 0 spiro atoms. The molecule has 2 N–H and O–H groups in total. The topological polar surface area (TPSA) is 29.3 Å². The van der Waals surface area contributed by atoms with E-state index in [1.54, 1.807) is 0 Å². The molecule has 0 aliphatic rings. The fourth-order valence-corrected chi connectivity index (χ4v) is 1.39. The molecule has 0 saturated heterocycles. The third-order valence-electron chi connectivity index (χ3n) is 1.95. The van der Waals surface area contributed by atoms with Gasteiger partial charge >= 0.3 is 0 Å². The van der Waals surface area contributed by atoms with Gasteiger partial charge in [-0.05, 0) is 47.2 Å². The average molecular weight is 158 g/mol. The first-order valence-corrected chi connectivity index (χ1v) is 4.55. The van der Waals surface area contributed by atoms with Gasteiger partial charge < -0.3 is 5.73 Å². The fourth-order valence-electron chi connectivity index (χ4n) is 1.39. The van der Waals surface area contributed by atoms with Gasteiger partial charge in [0.2, 0.25) is 0 Å². The first kappa shape index (κ1) is 10.9. The molecular formula is C9H22N2. The summed E-state index contributed by atoms with van der Waals surface area (Å²) in [5, 5.41) is 0. The molecule has 0 atom stereocenters. The van der Waals surface area contributed by atoms with E-state index < -0.39 is 0 Å². The second kappa shape index (κ2) is 5.56. The lowest BCUT2D eigenvalue weighted by Crippen LogP contribution is -2.38. The SMILES string of the molecule is CC(C)N(CCCN)C(C)C. The maximum Gasteiger partial charge on any atom is 0.00413 e. The van der Waals surface area contributed by atoms with E-state index in [-0.39, 0.29) is 0 Å². The Morgan fingerprint density at radius 2 is 1.55 bits per heavy atom. The molecule has 0 rings (SSSR count). The molecule has 0 aliphatic heterocycles. The first-order valence-electron chi connectivity index (χ1n) is 4.55. The molecule has 0 radical (unpaired) electrons. The Hall–Kier alpha value is -0.0800. The van der Waals surface area contributed by atoms with E-state index >= 15 is 0 Å². The van der Waals surface area contributed by atoms with Gasteiger partial charge in [-0.2, -0.15) is 0 Å². The van der Waals surface area contributed by atoms with Crippen molar-refractivity contribution >= 4 is 0 Å². The Morgan fingerprint density at radius 1 is 1.09 bits per heavy atom. The molecule has 0 amide bonds. The van der Waals surface area contributed by atoms with Gasteiger partial charge in [-0.25, -0.2) is 0 Å². The number of hydrogen-bond acceptors (Lipinski definition) is 2. The van der Waals surface area contributed by atoms with Crippen molar-refractivity contribution in [3.05, 3.63) is 0 Å². The minimum Gasteiger partial charge on any atom is -0.330 e. The first-order chi connectivity index (χ1) is 5.09. The van der Waals surface area contributed by atoms with Crippen molar-refractivity contribution in [2.45, 2.75) is 46.2 Å². The Morgan fingerprint density at radius 3 is 1.82 bits per heavy atom. The Bertz CT molecular complexity index is 81.6. The van der Waals surface area contributed by atoms with Gasteiger partial charge in [0.25, 0.3) is 0 Å². The highest BCUT2D eigenvalue weighted by molar-refractivity contribution is 4.66. The van der Waals surface area contributed by atoms with E-state index in [9.17, 15) is 0 Å². The van der Waals surface area contributed by atoms with Gasteiger partial charge in [-0.15, -0.1) is 0 Å². The van der Waals surface area contributed by atoms with Crippen molar-refractivity contribution in [1.82, 2.24) is 4.90 Å². The molecule has 68 valence electrons. The molecule has 0 aliphatic carbocycles. The van der Waals surface area contributed by atoms with Gasteiger partial charge in [0, 0.05) is 12.1 Å². The lowest BCUT2D eigenvalue weighted by Gasteiger charge is -2.30. The summed E-state index contributed by atoms with van der Waals surface area (Å²) in [4.78, 5) is 2.47. The van der Waals surface area contributed by atoms with E-state index in [1.807, 2.05) is 0 Å². The maximum absolute atomic E-state index is 5.45. The summed E-state index contributed by atoms with van der Waals surface area (Å²) in [6.07, 6.45) is 1.11. The zero-order chi connectivity index (χ0) is 8.85. The lowest BCUT2D eigenvalue weighted by molar-refractivity contribution is 0.174. The highest BCUT2D eigenvalue weighted by Gasteiger charge is 2.11. The van der Waals surface area contributed by atoms with E-state index in [4.69, 9.17) is 5.73 Å². The van der Waals surface area contributed by atoms with Crippen molar-refractivity contribution in [2.75, 3.05) is 13.1 Å². The van der Waals surface area contributed by atoms with E-state index in [0.717, 1.165) is 19.5 Å². The summed E-state index contributed by atoms with van der Waals surface area (Å²) in [6.45, 7) is 10.9. The molecule has 0 saturated carbocycles. The third kappa shape index (κ3) is 4.38. The summed E-state index contributed by atoms with van der Waals surface area (Å²) in [5.74, 6) is 0. The fraction of sp³-hybridized carbons (Fsp3) is 1.00. The predicted molar refractivity (Wildman–Crippen MR) is 50.6 cm³/mol. The molecule has 0 fully saturated rings. The molecule has 0 aromatic rings. The summed E-state index contributed by atoms with van der Waals surface area (Å²) in [5.41, 5.74) is 5.45. The normalized spacial score (nSPS) is 12.0. The minimum atomic E-state index is 0.640. The second-order valence-corrected chi connectivity index (χ2v) is 3.57. The minimum absolute atomic E-state index is 0.640. The highest BCUT2D eigenvalue weighted by atomic mass is 15.2. The number of hydrogen-bond donors (Lipinski definition) is 1. The third-order valence-corrected chi connectivity index (χ3v) is 1.95. The van der Waals surface area contributed by atoms with Crippen molar-refractivity contribution in [2.24, 2.45) is 5.73 Å². The van der Waals surface area contributed by atoms with Crippen LogP contribution in [0.3, 0.4) is 0 Å². The van der Waals surface area contributed by atoms with Gasteiger partial charge in [0.15, 0.2) is 0 Å². The van der Waals surface area contributed by atoms with Crippen molar-refractivity contribution in [3.63, 3.8) is 0 Å². The molecule has 0 aromatic carbocycles. The smallest absolute Gasteiger partial charge is 0.00413 e. The van der Waals surface area contributed by atoms with Gasteiger partial charge in [-0.1, -0.05) is 0 Å². The molecule has 2 nitrogen and oxygen atoms in total. The van der Waals surface area contributed by atoms with Gasteiger partial charge in [-0.3, -0.25) is 4.90 Å². The molecule has 11 heavy (non-hydrogen) atoms. The van der Waals surface area contributed by atoms with Gasteiger partial charge in [0.05, 0.1) is 0 Å². The van der Waals surface area contributed by atoms with E-state index in [1.165, 1.54) is 0 Å². The zero-order valence-corrected chi connectivity index (χ0v) is 8.30. The van der Waals surface area contributed by atoms with Crippen molar-refractivity contribution < 1.29 is 0 Å². The quantitative estimate of drug-likeness (QED) is 0.656. The number of nitrogens with two attached hydrogens (primary N) is 1. The second-order valence-electron chi connectivity index (χ2n) is 3.57. The van der Waals surface area contributed by atoms with Crippen molar-refractivity contribution in [3.8, 4) is 0 Å². The number of rotatable bonds is 5. The van der Waals surface area contributed by atoms with Crippen LogP contribution in [0.5, 0.6) is 0 Å². The Labute approximate surface area is 70.8 Å². The van der Waals surface area contributed by atoms with E-state index in [0.29, 0.717) is 12.1 Å². The predicted octanol–water partition coefficient (Wildman–Crippen LogP) is 1.45. The molecule has 2 heteroatoms. The van der Waals surface area contributed by atoms with Crippen LogP contribution in [-0.4, -0.2) is 30.1 Å². The summed E-state index contributed by atoms with van der Waals surface area (Å²) in [7, 11) is 0. The zero-order valence-electron chi connectivity index (χ0n) is 8.30. The standard InChI is InChI=1S/C9H22N2/c1-8(2)11(9(3)4)7-5-6-10/h8-9H,5-7,10H2,1-4H3. The molecule has 0 unspecified atom stereocenters. The summed E-state index contributed by atoms with van der Waals surface area (Å²) >= 11 is 0. The van der Waals surface area contributed by atoms with Crippen LogP contribution in [-0.2, 0) is 0 Å². The van der Waals surface area contributed by atoms with Crippen LogP contribution in [0.1, 0.15) is 34.1 Å². The molecule has 0 heterocycles. The van der Waals surface area contributed by atoms with Gasteiger partial charge in [0.1, 0.15) is 0 Å². The van der Waals surface area contributed by atoms with Crippen LogP contribution in [0, 0.1) is 0 Å². The largest absolute Gasteiger partial charge is 0.330 e. The highest BCUT2D eigenvalue weighted by Crippen LogP contribution is 2.04. The summed E-state index contributed by atoms with van der Waals surface area (Å²) in [6, 6.07) is 1.28. The maximum atomic E-state index is 5.45. The monoisotopic (exact) mass is 158 g/mol. The Kier molecular flexibility index (Phi) is 5.51. The number of nitrogens with zero attached hydrogens (tertiary/aromatic N) is 1. The lowest BCUT2D eigenvalue weighted by atomic mass is 10.2. The molecule has 0 bridgehead atoms. The van der Waals surface area contributed by atoms with Crippen LogP contribution >= 0.6 is 0 Å². The van der Waals surface area contributed by atoms with Crippen LogP contribution < -0.4 is 5.73 Å². The van der Waals surface area contributed by atoms with Crippen molar-refractivity contribution in [1.29, 1.82) is 0 Å².